The van der Waals surface area contributed by atoms with Gasteiger partial charge in [-0.1, -0.05) is 49.4 Å². The minimum atomic E-state index is 0.121. The zero-order chi connectivity index (χ0) is 16.8. The van der Waals surface area contributed by atoms with Crippen LogP contribution in [0.4, 0.5) is 0 Å². The van der Waals surface area contributed by atoms with E-state index in [1.165, 1.54) is 10.3 Å². The molecular weight excluding hydrogens is 316 g/mol. The van der Waals surface area contributed by atoms with Crippen molar-refractivity contribution in [2.24, 2.45) is 0 Å². The van der Waals surface area contributed by atoms with Crippen LogP contribution < -0.4 is 5.32 Å². The molecule has 2 aromatic carbocycles. The highest BCUT2D eigenvalue weighted by molar-refractivity contribution is 7.18. The minimum Gasteiger partial charge on any atom is -0.356 e. The third-order valence-corrected chi connectivity index (χ3v) is 5.18. The number of aromatic nitrogens is 1. The van der Waals surface area contributed by atoms with Crippen LogP contribution in [-0.2, 0) is 11.2 Å². The van der Waals surface area contributed by atoms with Gasteiger partial charge in [-0.2, -0.15) is 0 Å². The lowest BCUT2D eigenvalue weighted by Gasteiger charge is -2.11. The lowest BCUT2D eigenvalue weighted by atomic mass is 9.97. The third-order valence-electron chi connectivity index (χ3n) is 4.09. The molecule has 0 radical (unpaired) electrons. The Morgan fingerprint density at radius 1 is 1.12 bits per heavy atom. The van der Waals surface area contributed by atoms with E-state index in [1.54, 1.807) is 11.3 Å². The first-order chi connectivity index (χ1) is 11.7. The van der Waals surface area contributed by atoms with Gasteiger partial charge >= 0.3 is 0 Å². The van der Waals surface area contributed by atoms with Crippen molar-refractivity contribution in [3.8, 4) is 0 Å². The molecular formula is C20H22N2OS. The Morgan fingerprint density at radius 2 is 1.88 bits per heavy atom. The van der Waals surface area contributed by atoms with Crippen LogP contribution in [0.2, 0.25) is 0 Å². The molecule has 1 heterocycles. The second-order valence-electron chi connectivity index (χ2n) is 6.04. The summed E-state index contributed by atoms with van der Waals surface area (Å²) < 4.78 is 1.23. The summed E-state index contributed by atoms with van der Waals surface area (Å²) in [5.41, 5.74) is 2.28. The number of carbonyl (C=O) groups excluding carboxylic acids is 1. The summed E-state index contributed by atoms with van der Waals surface area (Å²) in [4.78, 5) is 16.7. The van der Waals surface area contributed by atoms with Crippen LogP contribution in [0.3, 0.4) is 0 Å². The first-order valence-electron chi connectivity index (χ1n) is 8.38. The molecule has 0 saturated carbocycles. The topological polar surface area (TPSA) is 42.0 Å². The van der Waals surface area contributed by atoms with E-state index in [2.05, 4.69) is 35.4 Å². The Balaban J connectivity index is 1.40. The average molecular weight is 338 g/mol. The van der Waals surface area contributed by atoms with E-state index in [0.717, 1.165) is 23.4 Å². The molecule has 1 amide bonds. The fourth-order valence-electron chi connectivity index (χ4n) is 2.74. The molecule has 3 aromatic rings. The largest absolute Gasteiger partial charge is 0.356 e. The van der Waals surface area contributed by atoms with Gasteiger partial charge in [0, 0.05) is 19.4 Å². The number of para-hydroxylation sites is 1. The van der Waals surface area contributed by atoms with E-state index in [0.29, 0.717) is 13.0 Å². The lowest BCUT2D eigenvalue weighted by Crippen LogP contribution is -2.25. The Morgan fingerprint density at radius 3 is 2.67 bits per heavy atom. The number of amides is 1. The number of nitrogens with one attached hydrogen (secondary N) is 1. The number of thiazole rings is 1. The van der Waals surface area contributed by atoms with Gasteiger partial charge < -0.3 is 5.32 Å². The molecule has 24 heavy (non-hydrogen) atoms. The van der Waals surface area contributed by atoms with Gasteiger partial charge in [0.2, 0.25) is 5.91 Å². The number of aryl methyl sites for hydroxylation is 1. The van der Waals surface area contributed by atoms with E-state index in [9.17, 15) is 4.79 Å². The van der Waals surface area contributed by atoms with Crippen molar-refractivity contribution in [3.05, 3.63) is 65.2 Å². The van der Waals surface area contributed by atoms with Crippen LogP contribution in [0.5, 0.6) is 0 Å². The number of hydrogen-bond acceptors (Lipinski definition) is 3. The van der Waals surface area contributed by atoms with Crippen molar-refractivity contribution < 1.29 is 4.79 Å². The number of rotatable bonds is 7. The molecule has 0 aliphatic heterocycles. The van der Waals surface area contributed by atoms with Gasteiger partial charge in [-0.05, 0) is 30.0 Å². The smallest absolute Gasteiger partial charge is 0.220 e. The number of benzene rings is 2. The highest BCUT2D eigenvalue weighted by atomic mass is 32.1. The van der Waals surface area contributed by atoms with Gasteiger partial charge in [-0.25, -0.2) is 4.98 Å². The van der Waals surface area contributed by atoms with E-state index < -0.39 is 0 Å². The van der Waals surface area contributed by atoms with Crippen LogP contribution in [-0.4, -0.2) is 17.4 Å². The van der Waals surface area contributed by atoms with Crippen molar-refractivity contribution in [1.29, 1.82) is 0 Å². The molecule has 4 heteroatoms. The normalized spacial score (nSPS) is 12.2. The van der Waals surface area contributed by atoms with E-state index in [1.807, 2.05) is 36.4 Å². The molecule has 124 valence electrons. The molecule has 3 rings (SSSR count). The van der Waals surface area contributed by atoms with Gasteiger partial charge in [-0.3, -0.25) is 4.79 Å². The highest BCUT2D eigenvalue weighted by Gasteiger charge is 2.10. The van der Waals surface area contributed by atoms with Crippen LogP contribution in [0, 0.1) is 0 Å². The molecule has 0 saturated heterocycles. The van der Waals surface area contributed by atoms with Crippen molar-refractivity contribution in [2.45, 2.75) is 32.1 Å². The predicted octanol–water partition coefficient (Wildman–Crippen LogP) is 4.54. The Kier molecular flexibility index (Phi) is 5.59. The van der Waals surface area contributed by atoms with Gasteiger partial charge in [0.25, 0.3) is 0 Å². The molecule has 1 N–H and O–H groups in total. The van der Waals surface area contributed by atoms with Crippen LogP contribution in [0.1, 0.15) is 36.3 Å². The molecule has 0 bridgehead atoms. The third kappa shape index (κ3) is 4.42. The van der Waals surface area contributed by atoms with Gasteiger partial charge in [0.1, 0.15) is 0 Å². The maximum atomic E-state index is 12.1. The fraction of sp³-hybridized carbons (Fsp3) is 0.300. The number of nitrogens with zero attached hydrogens (tertiary/aromatic N) is 1. The van der Waals surface area contributed by atoms with Crippen LogP contribution in [0.25, 0.3) is 10.2 Å². The second-order valence-corrected chi connectivity index (χ2v) is 7.16. The van der Waals surface area contributed by atoms with E-state index in [-0.39, 0.29) is 11.8 Å². The summed E-state index contributed by atoms with van der Waals surface area (Å²) in [6.07, 6.45) is 2.37. The molecule has 1 aromatic heterocycles. The summed E-state index contributed by atoms with van der Waals surface area (Å²) >= 11 is 1.74. The number of hydrogen-bond donors (Lipinski definition) is 1. The second kappa shape index (κ2) is 8.06. The highest BCUT2D eigenvalue weighted by Crippen LogP contribution is 2.22. The molecule has 0 aliphatic carbocycles. The lowest BCUT2D eigenvalue weighted by molar-refractivity contribution is -0.121. The average Bonchev–Trinajstić information content (AvgIpc) is 3.02. The molecule has 3 nitrogen and oxygen atoms in total. The van der Waals surface area contributed by atoms with Crippen LogP contribution in [0.15, 0.2) is 54.6 Å². The maximum Gasteiger partial charge on any atom is 0.220 e. The zero-order valence-electron chi connectivity index (χ0n) is 13.9. The van der Waals surface area contributed by atoms with Crippen molar-refractivity contribution in [3.63, 3.8) is 0 Å². The molecule has 0 aliphatic rings. The first-order valence-corrected chi connectivity index (χ1v) is 9.20. The Bertz CT molecular complexity index is 765. The monoisotopic (exact) mass is 338 g/mol. The van der Waals surface area contributed by atoms with Gasteiger partial charge in [-0.15, -0.1) is 11.3 Å². The number of carbonyl (C=O) groups is 1. The minimum absolute atomic E-state index is 0.121. The fourth-order valence-corrected chi connectivity index (χ4v) is 3.75. The summed E-state index contributed by atoms with van der Waals surface area (Å²) in [5, 5.41) is 4.17. The molecule has 1 atom stereocenters. The predicted molar refractivity (Wildman–Crippen MR) is 100 cm³/mol. The van der Waals surface area contributed by atoms with E-state index >= 15 is 0 Å². The van der Waals surface area contributed by atoms with Gasteiger partial charge in [0.15, 0.2) is 0 Å². The van der Waals surface area contributed by atoms with Crippen molar-refractivity contribution in [2.75, 3.05) is 6.54 Å². The Hall–Kier alpha value is -2.20. The van der Waals surface area contributed by atoms with Gasteiger partial charge in [0.05, 0.1) is 15.2 Å². The summed E-state index contributed by atoms with van der Waals surface area (Å²) in [7, 11) is 0. The quantitative estimate of drug-likeness (QED) is 0.643. The molecule has 0 fully saturated rings. The Labute approximate surface area is 146 Å². The zero-order valence-corrected chi connectivity index (χ0v) is 14.7. The van der Waals surface area contributed by atoms with Crippen molar-refractivity contribution in [1.82, 2.24) is 10.3 Å². The summed E-state index contributed by atoms with van der Waals surface area (Å²) in [6.45, 7) is 2.80. The summed E-state index contributed by atoms with van der Waals surface area (Å²) in [5.74, 6) is 0.367. The first kappa shape index (κ1) is 16.7. The number of fused-ring (bicyclic) bond motifs is 1. The SMILES string of the molecule is CC(CC(=O)NCCCc1nc2ccccc2s1)c1ccccc1. The van der Waals surface area contributed by atoms with Crippen LogP contribution >= 0.6 is 11.3 Å². The maximum absolute atomic E-state index is 12.1. The molecule has 1 unspecified atom stereocenters. The molecule has 0 spiro atoms. The summed E-state index contributed by atoms with van der Waals surface area (Å²) in [6, 6.07) is 18.4. The van der Waals surface area contributed by atoms with Crippen molar-refractivity contribution >= 4 is 27.5 Å². The van der Waals surface area contributed by atoms with E-state index in [4.69, 9.17) is 0 Å². The standard InChI is InChI=1S/C20H22N2OS/c1-15(16-8-3-2-4-9-16)14-19(23)21-13-7-12-20-22-17-10-5-6-11-18(17)24-20/h2-6,8-11,15H,7,12-14H2,1H3,(H,21,23).